The quantitative estimate of drug-likeness (QED) is 0.554. The van der Waals surface area contributed by atoms with Crippen LogP contribution in [0.25, 0.3) is 0 Å². The Morgan fingerprint density at radius 2 is 1.69 bits per heavy atom. The van der Waals surface area contributed by atoms with Crippen LogP contribution in [0.15, 0.2) is 0 Å². The summed E-state index contributed by atoms with van der Waals surface area (Å²) in [5.41, 5.74) is 0.518. The second-order valence-corrected chi connectivity index (χ2v) is 5.00. The van der Waals surface area contributed by atoms with Crippen LogP contribution in [0.5, 0.6) is 0 Å². The first-order chi connectivity index (χ1) is 6.19. The SMILES string of the molecule is C[CH]C1(C)CCCCCCCC1C. The molecule has 2 unspecified atom stereocenters. The van der Waals surface area contributed by atoms with Crippen molar-refractivity contribution in [2.45, 2.75) is 65.7 Å². The zero-order chi connectivity index (χ0) is 9.73. The Balaban J connectivity index is 2.55. The van der Waals surface area contributed by atoms with Crippen molar-refractivity contribution >= 4 is 0 Å². The van der Waals surface area contributed by atoms with Gasteiger partial charge in [-0.3, -0.25) is 0 Å². The van der Waals surface area contributed by atoms with Crippen LogP contribution in [-0.4, -0.2) is 0 Å². The summed E-state index contributed by atoms with van der Waals surface area (Å²) in [7, 11) is 0. The minimum absolute atomic E-state index is 0.518. The van der Waals surface area contributed by atoms with E-state index in [0.29, 0.717) is 5.41 Å². The summed E-state index contributed by atoms with van der Waals surface area (Å²) in [4.78, 5) is 0. The maximum Gasteiger partial charge on any atom is -0.0272 e. The third-order valence-electron chi connectivity index (χ3n) is 4.14. The molecule has 0 spiro atoms. The fourth-order valence-electron chi connectivity index (χ4n) is 2.49. The number of rotatable bonds is 1. The molecule has 0 nitrogen and oxygen atoms in total. The van der Waals surface area contributed by atoms with Crippen LogP contribution < -0.4 is 0 Å². The van der Waals surface area contributed by atoms with E-state index in [1.807, 2.05) is 0 Å². The highest BCUT2D eigenvalue weighted by atomic mass is 14.3. The van der Waals surface area contributed by atoms with Crippen LogP contribution in [0, 0.1) is 17.8 Å². The minimum Gasteiger partial charge on any atom is -0.0620 e. The van der Waals surface area contributed by atoms with Gasteiger partial charge in [-0.25, -0.2) is 0 Å². The molecule has 2 atom stereocenters. The van der Waals surface area contributed by atoms with Crippen molar-refractivity contribution < 1.29 is 0 Å². The third-order valence-corrected chi connectivity index (χ3v) is 4.14. The molecule has 0 aromatic rings. The average molecular weight is 181 g/mol. The van der Waals surface area contributed by atoms with Gasteiger partial charge in [0.05, 0.1) is 0 Å². The Bertz CT molecular complexity index is 139. The maximum atomic E-state index is 2.45. The molecule has 77 valence electrons. The fourth-order valence-corrected chi connectivity index (χ4v) is 2.49. The van der Waals surface area contributed by atoms with Crippen LogP contribution in [0.4, 0.5) is 0 Å². The van der Waals surface area contributed by atoms with Gasteiger partial charge in [-0.15, -0.1) is 0 Å². The first kappa shape index (κ1) is 11.1. The topological polar surface area (TPSA) is 0 Å². The highest BCUT2D eigenvalue weighted by Crippen LogP contribution is 2.39. The summed E-state index contributed by atoms with van der Waals surface area (Å²) in [5, 5.41) is 0. The number of hydrogen-bond donors (Lipinski definition) is 0. The van der Waals surface area contributed by atoms with E-state index in [1.165, 1.54) is 44.9 Å². The van der Waals surface area contributed by atoms with Crippen LogP contribution >= 0.6 is 0 Å². The lowest BCUT2D eigenvalue weighted by Gasteiger charge is -2.34. The van der Waals surface area contributed by atoms with E-state index >= 15 is 0 Å². The van der Waals surface area contributed by atoms with Gasteiger partial charge >= 0.3 is 0 Å². The zero-order valence-corrected chi connectivity index (χ0v) is 9.60. The van der Waals surface area contributed by atoms with Crippen LogP contribution in [0.2, 0.25) is 0 Å². The van der Waals surface area contributed by atoms with Crippen LogP contribution in [0.1, 0.15) is 65.7 Å². The van der Waals surface area contributed by atoms with Crippen molar-refractivity contribution in [2.24, 2.45) is 11.3 Å². The predicted octanol–water partition coefficient (Wildman–Crippen LogP) is 4.60. The molecule has 0 saturated heterocycles. The van der Waals surface area contributed by atoms with E-state index in [1.54, 1.807) is 0 Å². The lowest BCUT2D eigenvalue weighted by Crippen LogP contribution is -2.24. The van der Waals surface area contributed by atoms with Gasteiger partial charge in [-0.2, -0.15) is 0 Å². The lowest BCUT2D eigenvalue weighted by atomic mass is 9.71. The van der Waals surface area contributed by atoms with Gasteiger partial charge in [-0.05, 0) is 24.2 Å². The Hall–Kier alpha value is 0. The van der Waals surface area contributed by atoms with E-state index in [2.05, 4.69) is 27.2 Å². The summed E-state index contributed by atoms with van der Waals surface area (Å²) < 4.78 is 0. The highest BCUT2D eigenvalue weighted by molar-refractivity contribution is 4.90. The molecule has 1 saturated carbocycles. The molecule has 13 heavy (non-hydrogen) atoms. The van der Waals surface area contributed by atoms with Crippen molar-refractivity contribution in [1.82, 2.24) is 0 Å². The minimum atomic E-state index is 0.518. The first-order valence-corrected chi connectivity index (χ1v) is 5.99. The fraction of sp³-hybridized carbons (Fsp3) is 0.923. The van der Waals surface area contributed by atoms with Gasteiger partial charge in [-0.1, -0.05) is 59.3 Å². The van der Waals surface area contributed by atoms with Crippen molar-refractivity contribution in [1.29, 1.82) is 0 Å². The highest BCUT2D eigenvalue weighted by Gasteiger charge is 2.28. The van der Waals surface area contributed by atoms with Gasteiger partial charge in [0.15, 0.2) is 0 Å². The molecule has 0 aromatic heterocycles. The molecule has 0 heteroatoms. The monoisotopic (exact) mass is 181 g/mol. The van der Waals surface area contributed by atoms with E-state index in [9.17, 15) is 0 Å². The maximum absolute atomic E-state index is 2.45. The number of hydrogen-bond acceptors (Lipinski definition) is 0. The van der Waals surface area contributed by atoms with Crippen molar-refractivity contribution in [3.63, 3.8) is 0 Å². The molecule has 0 heterocycles. The van der Waals surface area contributed by atoms with Gasteiger partial charge in [0.2, 0.25) is 0 Å². The van der Waals surface area contributed by atoms with Crippen molar-refractivity contribution in [2.75, 3.05) is 0 Å². The van der Waals surface area contributed by atoms with E-state index in [-0.39, 0.29) is 0 Å². The molecular weight excluding hydrogens is 156 g/mol. The molecule has 1 radical (unpaired) electrons. The second-order valence-electron chi connectivity index (χ2n) is 5.00. The molecule has 1 rings (SSSR count). The second kappa shape index (κ2) is 5.02. The molecule has 1 fully saturated rings. The van der Waals surface area contributed by atoms with Crippen LogP contribution in [0.3, 0.4) is 0 Å². The average Bonchev–Trinajstić information content (AvgIpc) is 2.21. The first-order valence-electron chi connectivity index (χ1n) is 5.99. The normalized spacial score (nSPS) is 37.6. The summed E-state index contributed by atoms with van der Waals surface area (Å²) in [5.74, 6) is 0.885. The molecule has 1 aliphatic carbocycles. The molecule has 1 aliphatic rings. The lowest BCUT2D eigenvalue weighted by molar-refractivity contribution is 0.215. The van der Waals surface area contributed by atoms with Crippen LogP contribution in [-0.2, 0) is 0 Å². The Labute approximate surface area is 84.1 Å². The van der Waals surface area contributed by atoms with E-state index < -0.39 is 0 Å². The Kier molecular flexibility index (Phi) is 4.28. The Morgan fingerprint density at radius 3 is 2.38 bits per heavy atom. The molecule has 0 bridgehead atoms. The van der Waals surface area contributed by atoms with Crippen molar-refractivity contribution in [3.05, 3.63) is 6.42 Å². The summed E-state index contributed by atoms with van der Waals surface area (Å²) in [6.45, 7) is 7.13. The molecular formula is C13H25. The largest absolute Gasteiger partial charge is 0.0620 e. The van der Waals surface area contributed by atoms with Gasteiger partial charge in [0.25, 0.3) is 0 Å². The predicted molar refractivity (Wildman–Crippen MR) is 59.6 cm³/mol. The van der Waals surface area contributed by atoms with E-state index in [0.717, 1.165) is 5.92 Å². The zero-order valence-electron chi connectivity index (χ0n) is 9.60. The molecule has 0 N–H and O–H groups in total. The van der Waals surface area contributed by atoms with E-state index in [4.69, 9.17) is 0 Å². The summed E-state index contributed by atoms with van der Waals surface area (Å²) in [6, 6.07) is 0. The Morgan fingerprint density at radius 1 is 1.08 bits per heavy atom. The molecule has 0 aliphatic heterocycles. The summed E-state index contributed by atoms with van der Waals surface area (Å²) >= 11 is 0. The standard InChI is InChI=1S/C13H25/c1-4-13(3)11-9-7-5-6-8-10-12(13)2/h4,12H,5-11H2,1-3H3. The summed E-state index contributed by atoms with van der Waals surface area (Å²) in [6.07, 6.45) is 12.6. The van der Waals surface area contributed by atoms with Crippen molar-refractivity contribution in [3.8, 4) is 0 Å². The third kappa shape index (κ3) is 3.00. The molecule has 0 aromatic carbocycles. The van der Waals surface area contributed by atoms with Gasteiger partial charge < -0.3 is 0 Å². The smallest absolute Gasteiger partial charge is 0.0272 e. The van der Waals surface area contributed by atoms with Gasteiger partial charge in [0.1, 0.15) is 0 Å². The van der Waals surface area contributed by atoms with Gasteiger partial charge in [0, 0.05) is 0 Å². The molecule has 0 amide bonds.